The molecule has 0 radical (unpaired) electrons. The van der Waals surface area contributed by atoms with Gasteiger partial charge in [-0.3, -0.25) is 0 Å². The van der Waals surface area contributed by atoms with Crippen molar-refractivity contribution < 1.29 is 4.74 Å². The van der Waals surface area contributed by atoms with Crippen LogP contribution < -0.4 is 24.7 Å². The summed E-state index contributed by atoms with van der Waals surface area (Å²) in [5.74, 6) is 1.79. The Hall–Kier alpha value is -2.47. The van der Waals surface area contributed by atoms with Gasteiger partial charge in [-0.25, -0.2) is 0 Å². The number of para-hydroxylation sites is 2. The highest BCUT2D eigenvalue weighted by Gasteiger charge is 2.33. The fourth-order valence-corrected chi connectivity index (χ4v) is 8.38. The lowest BCUT2D eigenvalue weighted by Crippen LogP contribution is -2.30. The van der Waals surface area contributed by atoms with E-state index in [1.54, 1.807) is 7.11 Å². The van der Waals surface area contributed by atoms with Crippen LogP contribution in [0.1, 0.15) is 0 Å². The zero-order chi connectivity index (χ0) is 22.2. The van der Waals surface area contributed by atoms with E-state index >= 15 is 0 Å². The van der Waals surface area contributed by atoms with E-state index in [1.165, 1.54) is 11.4 Å². The van der Waals surface area contributed by atoms with Gasteiger partial charge < -0.3 is 24.7 Å². The van der Waals surface area contributed by atoms with Crippen LogP contribution in [0, 0.1) is 0 Å². The molecule has 0 aromatic heterocycles. The Balaban J connectivity index is 1.33. The Kier molecular flexibility index (Phi) is 8.10. The van der Waals surface area contributed by atoms with Gasteiger partial charge in [0.1, 0.15) is 5.75 Å². The minimum absolute atomic E-state index is 0.543. The van der Waals surface area contributed by atoms with E-state index in [-0.39, 0.29) is 0 Å². The molecule has 3 aromatic rings. The van der Waals surface area contributed by atoms with Crippen molar-refractivity contribution in [1.29, 1.82) is 0 Å². The molecule has 1 aliphatic rings. The molecule has 0 amide bonds. The maximum atomic E-state index is 5.47. The van der Waals surface area contributed by atoms with Crippen molar-refractivity contribution in [1.82, 2.24) is 5.32 Å². The second-order valence-electron chi connectivity index (χ2n) is 7.11. The first-order valence-electron chi connectivity index (χ1n) is 10.5. The molecular formula is C24H27N4OPS2. The summed E-state index contributed by atoms with van der Waals surface area (Å²) in [7, 11) is 1.12. The minimum Gasteiger partial charge on any atom is -0.497 e. The molecule has 3 aromatic carbocycles. The highest BCUT2D eigenvalue weighted by Crippen LogP contribution is 2.61. The number of ether oxygens (including phenoxy) is 1. The number of nitrogens with zero attached hydrogens (tertiary/aromatic N) is 2. The van der Waals surface area contributed by atoms with E-state index in [2.05, 4.69) is 80.6 Å². The smallest absolute Gasteiger partial charge is 0.170 e. The summed E-state index contributed by atoms with van der Waals surface area (Å²) in [5.41, 5.74) is 3.52. The molecule has 0 aliphatic carbocycles. The second-order valence-corrected chi connectivity index (χ2v) is 11.4. The van der Waals surface area contributed by atoms with E-state index in [1.807, 2.05) is 35.6 Å². The van der Waals surface area contributed by atoms with Crippen LogP contribution in [0.4, 0.5) is 17.1 Å². The van der Waals surface area contributed by atoms with Gasteiger partial charge >= 0.3 is 0 Å². The number of hydrogen-bond acceptors (Lipinski definition) is 5. The van der Waals surface area contributed by atoms with Crippen molar-refractivity contribution in [2.45, 2.75) is 0 Å². The van der Waals surface area contributed by atoms with Crippen molar-refractivity contribution in [2.75, 3.05) is 47.2 Å². The van der Waals surface area contributed by atoms with Crippen LogP contribution in [0.5, 0.6) is 5.75 Å². The van der Waals surface area contributed by atoms with Crippen molar-refractivity contribution in [3.05, 3.63) is 84.9 Å². The number of rotatable bonds is 8. The Morgan fingerprint density at radius 3 is 2.00 bits per heavy atom. The fraction of sp³-hybridized carbons (Fsp3) is 0.208. The molecule has 1 heterocycles. The number of thiocarbonyl (C=S) groups is 1. The van der Waals surface area contributed by atoms with Gasteiger partial charge in [-0.2, -0.15) is 0 Å². The number of benzene rings is 3. The third-order valence-corrected chi connectivity index (χ3v) is 9.96. The van der Waals surface area contributed by atoms with Crippen LogP contribution >= 0.6 is 31.0 Å². The molecule has 0 unspecified atom stereocenters. The summed E-state index contributed by atoms with van der Waals surface area (Å²) in [5, 5.41) is 7.20. The molecule has 8 heteroatoms. The topological polar surface area (TPSA) is 39.8 Å². The molecule has 1 aliphatic heterocycles. The lowest BCUT2D eigenvalue weighted by atomic mass is 10.3. The zero-order valence-electron chi connectivity index (χ0n) is 18.0. The molecule has 1 fully saturated rings. The average molecular weight is 483 g/mol. The quantitative estimate of drug-likeness (QED) is 0.233. The Labute approximate surface area is 200 Å². The first kappa shape index (κ1) is 22.7. The van der Waals surface area contributed by atoms with Crippen molar-refractivity contribution in [2.24, 2.45) is 0 Å². The summed E-state index contributed by atoms with van der Waals surface area (Å²) >= 11 is 7.46. The van der Waals surface area contributed by atoms with Gasteiger partial charge in [-0.15, -0.1) is 0 Å². The molecule has 0 saturated carbocycles. The number of hydrogen-bond donors (Lipinski definition) is 2. The van der Waals surface area contributed by atoms with Crippen LogP contribution in [0.15, 0.2) is 84.9 Å². The largest absolute Gasteiger partial charge is 0.497 e. The summed E-state index contributed by atoms with van der Waals surface area (Å²) in [4.78, 5) is 0. The zero-order valence-corrected chi connectivity index (χ0v) is 20.5. The Morgan fingerprint density at radius 2 is 1.47 bits per heavy atom. The van der Waals surface area contributed by atoms with Gasteiger partial charge in [0.05, 0.1) is 7.11 Å². The highest BCUT2D eigenvalue weighted by atomic mass is 32.7. The van der Waals surface area contributed by atoms with E-state index in [0.29, 0.717) is 5.11 Å². The average Bonchev–Trinajstić information content (AvgIpc) is 3.27. The lowest BCUT2D eigenvalue weighted by molar-refractivity contribution is 0.415. The lowest BCUT2D eigenvalue weighted by Gasteiger charge is -2.31. The van der Waals surface area contributed by atoms with Crippen LogP contribution in [0.2, 0.25) is 0 Å². The maximum absolute atomic E-state index is 5.47. The standard InChI is InChI=1S/C24H27N4OPS2/c1-29-23-14-12-20(13-15-23)26-24(31)25-16-19-32-30-27(21-8-4-2-5-9-21)17-18-28(30)22-10-6-3-7-11-22/h2-15H,16-19H2,1H3,(H2,25,26,31). The van der Waals surface area contributed by atoms with Gasteiger partial charge in [0.15, 0.2) is 12.5 Å². The molecule has 5 nitrogen and oxygen atoms in total. The van der Waals surface area contributed by atoms with Crippen LogP contribution in [-0.4, -0.2) is 37.6 Å². The first-order chi connectivity index (χ1) is 15.7. The SMILES string of the molecule is COc1ccc(NC(=S)NCCSP2N(c3ccccc3)CCN2c2ccccc2)cc1. The molecule has 0 bridgehead atoms. The van der Waals surface area contributed by atoms with Gasteiger partial charge in [0.2, 0.25) is 0 Å². The third kappa shape index (κ3) is 5.85. The Morgan fingerprint density at radius 1 is 0.906 bits per heavy atom. The summed E-state index contributed by atoms with van der Waals surface area (Å²) in [6.45, 7) is 2.86. The number of methoxy groups -OCH3 is 1. The highest BCUT2D eigenvalue weighted by molar-refractivity contribution is 8.56. The second kappa shape index (κ2) is 11.4. The number of nitrogens with one attached hydrogen (secondary N) is 2. The summed E-state index contributed by atoms with van der Waals surface area (Å²) in [6.07, 6.45) is 0. The predicted octanol–water partition coefficient (Wildman–Crippen LogP) is 5.97. The fourth-order valence-electron chi connectivity index (χ4n) is 3.43. The molecular weight excluding hydrogens is 455 g/mol. The summed E-state index contributed by atoms with van der Waals surface area (Å²) < 4.78 is 10.3. The normalized spacial score (nSPS) is 13.8. The van der Waals surface area contributed by atoms with Crippen molar-refractivity contribution in [3.63, 3.8) is 0 Å². The third-order valence-electron chi connectivity index (χ3n) is 4.99. The summed E-state index contributed by atoms with van der Waals surface area (Å²) in [6, 6.07) is 29.2. The van der Waals surface area contributed by atoms with E-state index in [0.717, 1.165) is 36.8 Å². The van der Waals surface area contributed by atoms with Crippen molar-refractivity contribution >= 4 is 53.2 Å². The van der Waals surface area contributed by atoms with Crippen LogP contribution in [-0.2, 0) is 0 Å². The predicted molar refractivity (Wildman–Crippen MR) is 144 cm³/mol. The maximum Gasteiger partial charge on any atom is 0.170 e. The first-order valence-corrected chi connectivity index (χ1v) is 13.8. The molecule has 2 N–H and O–H groups in total. The van der Waals surface area contributed by atoms with Gasteiger partial charge in [0.25, 0.3) is 0 Å². The van der Waals surface area contributed by atoms with Gasteiger partial charge in [0, 0.05) is 42.4 Å². The molecule has 1 saturated heterocycles. The molecule has 4 rings (SSSR count). The molecule has 32 heavy (non-hydrogen) atoms. The van der Waals surface area contributed by atoms with Gasteiger partial charge in [-0.1, -0.05) is 47.8 Å². The Bertz CT molecular complexity index is 944. The van der Waals surface area contributed by atoms with E-state index in [9.17, 15) is 0 Å². The van der Waals surface area contributed by atoms with Crippen LogP contribution in [0.3, 0.4) is 0 Å². The molecule has 0 spiro atoms. The van der Waals surface area contributed by atoms with E-state index < -0.39 is 7.42 Å². The van der Waals surface area contributed by atoms with E-state index in [4.69, 9.17) is 17.0 Å². The van der Waals surface area contributed by atoms with Crippen LogP contribution in [0.25, 0.3) is 0 Å². The van der Waals surface area contributed by atoms with Gasteiger partial charge in [-0.05, 0) is 60.7 Å². The molecule has 0 atom stereocenters. The minimum atomic E-state index is -0.543. The monoisotopic (exact) mass is 482 g/mol. The number of anilines is 3. The molecule has 166 valence electrons. The van der Waals surface area contributed by atoms with Crippen molar-refractivity contribution in [3.8, 4) is 5.75 Å².